The molecule has 0 atom stereocenters. The summed E-state index contributed by atoms with van der Waals surface area (Å²) in [6, 6.07) is 12.6. The number of rotatable bonds is 3. The van der Waals surface area contributed by atoms with E-state index in [-0.39, 0.29) is 5.56 Å². The molecule has 0 aliphatic heterocycles. The first-order valence-corrected chi connectivity index (χ1v) is 6.03. The number of hydrogen-bond acceptors (Lipinski definition) is 5. The van der Waals surface area contributed by atoms with E-state index in [0.29, 0.717) is 22.9 Å². The van der Waals surface area contributed by atoms with E-state index < -0.39 is 0 Å². The number of pyridine rings is 1. The van der Waals surface area contributed by atoms with Crippen molar-refractivity contribution in [3.63, 3.8) is 0 Å². The van der Waals surface area contributed by atoms with Gasteiger partial charge in [-0.25, -0.2) is 0 Å². The highest BCUT2D eigenvalue weighted by atomic mass is 16.5. The van der Waals surface area contributed by atoms with Crippen LogP contribution in [-0.4, -0.2) is 22.1 Å². The lowest BCUT2D eigenvalue weighted by atomic mass is 10.3. The molecule has 0 radical (unpaired) electrons. The normalized spacial score (nSPS) is 10.4. The molecular formula is C14H12N4O2. The van der Waals surface area contributed by atoms with Crippen molar-refractivity contribution in [1.82, 2.24) is 15.0 Å². The molecule has 0 spiro atoms. The predicted molar refractivity (Wildman–Crippen MR) is 76.4 cm³/mol. The van der Waals surface area contributed by atoms with Crippen molar-refractivity contribution in [2.45, 2.75) is 0 Å². The molecule has 0 aliphatic rings. The number of fused-ring (bicyclic) bond motifs is 1. The SMILES string of the molecule is COc1nc(Nc2ccccc2)nc2[nH]c(=O)ccc12. The standard InChI is InChI=1S/C14H12N4O2/c1-20-13-10-7-8-11(19)16-12(10)17-14(18-13)15-9-5-3-2-4-6-9/h2-8H,1H3,(H2,15,16,17,18,19). The van der Waals surface area contributed by atoms with E-state index in [1.165, 1.54) is 13.2 Å². The second-order valence-electron chi connectivity index (χ2n) is 4.13. The maximum atomic E-state index is 11.4. The molecule has 1 aromatic carbocycles. The number of benzene rings is 1. The maximum Gasteiger partial charge on any atom is 0.249 e. The molecule has 0 saturated heterocycles. The third kappa shape index (κ3) is 2.31. The van der Waals surface area contributed by atoms with Gasteiger partial charge in [0, 0.05) is 11.8 Å². The molecule has 0 unspecified atom stereocenters. The Balaban J connectivity index is 2.10. The number of methoxy groups -OCH3 is 1. The van der Waals surface area contributed by atoms with Gasteiger partial charge in [-0.2, -0.15) is 9.97 Å². The third-order valence-electron chi connectivity index (χ3n) is 2.78. The topological polar surface area (TPSA) is 79.9 Å². The van der Waals surface area contributed by atoms with Crippen LogP contribution in [0.4, 0.5) is 11.6 Å². The Bertz CT molecular complexity index is 799. The smallest absolute Gasteiger partial charge is 0.249 e. The van der Waals surface area contributed by atoms with E-state index in [9.17, 15) is 4.79 Å². The molecule has 3 aromatic rings. The Kier molecular flexibility index (Phi) is 3.04. The number of nitrogens with one attached hydrogen (secondary N) is 2. The molecule has 0 bridgehead atoms. The van der Waals surface area contributed by atoms with Crippen molar-refractivity contribution in [2.24, 2.45) is 0 Å². The van der Waals surface area contributed by atoms with Crippen LogP contribution in [-0.2, 0) is 0 Å². The van der Waals surface area contributed by atoms with Crippen molar-refractivity contribution in [3.05, 3.63) is 52.8 Å². The summed E-state index contributed by atoms with van der Waals surface area (Å²) in [5.41, 5.74) is 1.07. The molecular weight excluding hydrogens is 256 g/mol. The first kappa shape index (κ1) is 12.2. The van der Waals surface area contributed by atoms with Crippen LogP contribution in [0.2, 0.25) is 0 Å². The Hall–Kier alpha value is -2.89. The van der Waals surface area contributed by atoms with Crippen LogP contribution in [0, 0.1) is 0 Å². The second-order valence-corrected chi connectivity index (χ2v) is 4.13. The largest absolute Gasteiger partial charge is 0.480 e. The molecule has 2 aromatic heterocycles. The predicted octanol–water partition coefficient (Wildman–Crippen LogP) is 2.07. The van der Waals surface area contributed by atoms with Crippen molar-refractivity contribution < 1.29 is 4.74 Å². The molecule has 0 fully saturated rings. The molecule has 100 valence electrons. The van der Waals surface area contributed by atoms with Gasteiger partial charge in [-0.15, -0.1) is 0 Å². The first-order chi connectivity index (χ1) is 9.76. The van der Waals surface area contributed by atoms with Gasteiger partial charge in [0.1, 0.15) is 5.65 Å². The molecule has 6 nitrogen and oxygen atoms in total. The number of aromatic amines is 1. The van der Waals surface area contributed by atoms with Crippen LogP contribution in [0.3, 0.4) is 0 Å². The molecule has 0 aliphatic carbocycles. The number of hydrogen-bond donors (Lipinski definition) is 2. The van der Waals surface area contributed by atoms with Crippen LogP contribution in [0.1, 0.15) is 0 Å². The van der Waals surface area contributed by atoms with Crippen molar-refractivity contribution in [2.75, 3.05) is 12.4 Å². The van der Waals surface area contributed by atoms with Crippen LogP contribution in [0.5, 0.6) is 5.88 Å². The summed E-state index contributed by atoms with van der Waals surface area (Å²) in [4.78, 5) is 22.6. The minimum absolute atomic E-state index is 0.219. The van der Waals surface area contributed by atoms with Gasteiger partial charge < -0.3 is 15.0 Å². The Labute approximate surface area is 114 Å². The molecule has 2 heterocycles. The highest BCUT2D eigenvalue weighted by Gasteiger charge is 2.08. The molecule has 0 saturated carbocycles. The summed E-state index contributed by atoms with van der Waals surface area (Å²) >= 11 is 0. The zero-order valence-corrected chi connectivity index (χ0v) is 10.8. The van der Waals surface area contributed by atoms with Crippen molar-refractivity contribution in [1.29, 1.82) is 0 Å². The van der Waals surface area contributed by atoms with Gasteiger partial charge in [0.15, 0.2) is 0 Å². The Morgan fingerprint density at radius 1 is 1.10 bits per heavy atom. The van der Waals surface area contributed by atoms with E-state index in [0.717, 1.165) is 5.69 Å². The van der Waals surface area contributed by atoms with Crippen LogP contribution >= 0.6 is 0 Å². The number of H-pyrrole nitrogens is 1. The van der Waals surface area contributed by atoms with E-state index in [4.69, 9.17) is 4.74 Å². The van der Waals surface area contributed by atoms with E-state index in [1.54, 1.807) is 6.07 Å². The number of aromatic nitrogens is 3. The Morgan fingerprint density at radius 2 is 1.90 bits per heavy atom. The fourth-order valence-corrected chi connectivity index (χ4v) is 1.87. The minimum Gasteiger partial charge on any atom is -0.480 e. The van der Waals surface area contributed by atoms with Crippen LogP contribution in [0.25, 0.3) is 11.0 Å². The van der Waals surface area contributed by atoms with E-state index in [2.05, 4.69) is 20.3 Å². The second kappa shape index (κ2) is 5.00. The Morgan fingerprint density at radius 3 is 2.65 bits per heavy atom. The zero-order valence-electron chi connectivity index (χ0n) is 10.8. The van der Waals surface area contributed by atoms with Gasteiger partial charge in [-0.3, -0.25) is 4.79 Å². The number of para-hydroxylation sites is 1. The number of nitrogens with zero attached hydrogens (tertiary/aromatic N) is 2. The molecule has 3 rings (SSSR count). The van der Waals surface area contributed by atoms with Crippen LogP contribution in [0.15, 0.2) is 47.3 Å². The molecule has 2 N–H and O–H groups in total. The molecule has 6 heteroatoms. The fraction of sp³-hybridized carbons (Fsp3) is 0.0714. The molecule has 20 heavy (non-hydrogen) atoms. The number of anilines is 2. The van der Waals surface area contributed by atoms with Crippen molar-refractivity contribution in [3.8, 4) is 5.88 Å². The van der Waals surface area contributed by atoms with Gasteiger partial charge >= 0.3 is 0 Å². The van der Waals surface area contributed by atoms with Gasteiger partial charge in [0.2, 0.25) is 17.4 Å². The monoisotopic (exact) mass is 268 g/mol. The molecule has 0 amide bonds. The average molecular weight is 268 g/mol. The van der Waals surface area contributed by atoms with Crippen molar-refractivity contribution >= 4 is 22.7 Å². The number of ether oxygens (including phenoxy) is 1. The van der Waals surface area contributed by atoms with Gasteiger partial charge in [-0.1, -0.05) is 18.2 Å². The summed E-state index contributed by atoms with van der Waals surface area (Å²) in [5, 5.41) is 3.72. The summed E-state index contributed by atoms with van der Waals surface area (Å²) in [6.07, 6.45) is 0. The quantitative estimate of drug-likeness (QED) is 0.760. The maximum absolute atomic E-state index is 11.4. The van der Waals surface area contributed by atoms with E-state index in [1.807, 2.05) is 30.3 Å². The van der Waals surface area contributed by atoms with Gasteiger partial charge in [-0.05, 0) is 18.2 Å². The lowest BCUT2D eigenvalue weighted by Gasteiger charge is -2.08. The highest BCUT2D eigenvalue weighted by molar-refractivity contribution is 5.81. The first-order valence-electron chi connectivity index (χ1n) is 6.03. The minimum atomic E-state index is -0.219. The summed E-state index contributed by atoms with van der Waals surface area (Å²) in [6.45, 7) is 0. The van der Waals surface area contributed by atoms with Gasteiger partial charge in [0.25, 0.3) is 0 Å². The van der Waals surface area contributed by atoms with E-state index >= 15 is 0 Å². The summed E-state index contributed by atoms with van der Waals surface area (Å²) < 4.78 is 5.23. The summed E-state index contributed by atoms with van der Waals surface area (Å²) in [5.74, 6) is 0.770. The summed E-state index contributed by atoms with van der Waals surface area (Å²) in [7, 11) is 1.53. The zero-order chi connectivity index (χ0) is 13.9. The van der Waals surface area contributed by atoms with Gasteiger partial charge in [0.05, 0.1) is 12.5 Å². The average Bonchev–Trinajstić information content (AvgIpc) is 2.47. The highest BCUT2D eigenvalue weighted by Crippen LogP contribution is 2.22. The third-order valence-corrected chi connectivity index (χ3v) is 2.78. The lowest BCUT2D eigenvalue weighted by molar-refractivity contribution is 0.403. The lowest BCUT2D eigenvalue weighted by Crippen LogP contribution is -2.07. The van der Waals surface area contributed by atoms with Crippen LogP contribution < -0.4 is 15.6 Å². The fourth-order valence-electron chi connectivity index (χ4n) is 1.87.